The van der Waals surface area contributed by atoms with Crippen molar-refractivity contribution >= 4 is 17.5 Å². The van der Waals surface area contributed by atoms with E-state index in [0.717, 1.165) is 0 Å². The molecule has 0 saturated carbocycles. The number of Topliss-reactive ketones (excluding diaryl/α,β-unsaturated/α-hetero) is 1. The Morgan fingerprint density at radius 3 is 2.20 bits per heavy atom. The highest BCUT2D eigenvalue weighted by Gasteiger charge is 2.40. The number of rotatable bonds is 2. The highest BCUT2D eigenvalue weighted by molar-refractivity contribution is 8.00. The molecule has 0 spiro atoms. The van der Waals surface area contributed by atoms with Crippen LogP contribution < -0.4 is 0 Å². The number of thioether (sulfide) groups is 1. The minimum Gasteiger partial charge on any atom is -0.293 e. The van der Waals surface area contributed by atoms with Crippen LogP contribution in [-0.2, 0) is 4.79 Å². The van der Waals surface area contributed by atoms with E-state index in [4.69, 9.17) is 0 Å². The summed E-state index contributed by atoms with van der Waals surface area (Å²) in [5.74, 6) is -3.76. The van der Waals surface area contributed by atoms with Crippen molar-refractivity contribution in [1.29, 1.82) is 0 Å². The molecule has 0 aromatic rings. The molecule has 0 atom stereocenters. The van der Waals surface area contributed by atoms with Gasteiger partial charge in [0, 0.05) is 24.3 Å². The Bertz CT molecular complexity index is 148. The Morgan fingerprint density at radius 1 is 1.60 bits per heavy atom. The molecule has 1 rings (SSSR count). The lowest BCUT2D eigenvalue weighted by Gasteiger charge is -2.25. The number of alkyl halides is 2. The van der Waals surface area contributed by atoms with Crippen LogP contribution in [0.3, 0.4) is 0 Å². The second kappa shape index (κ2) is 2.49. The summed E-state index contributed by atoms with van der Waals surface area (Å²) in [5, 5.41) is 0. The number of hydrogen-bond donors (Lipinski definition) is 0. The monoisotopic (exact) mass is 165 g/mol. The predicted octanol–water partition coefficient (Wildman–Crippen LogP) is 1.39. The standard InChI is InChI=1S/C6H7F2OS/c1-6(7,8)5(9)4-2-10-3-4/h4H,1-3H2. The molecule has 1 aliphatic heterocycles. The maximum absolute atomic E-state index is 12.1. The molecule has 0 unspecified atom stereocenters. The molecule has 1 fully saturated rings. The van der Waals surface area contributed by atoms with Gasteiger partial charge in [-0.25, -0.2) is 0 Å². The van der Waals surface area contributed by atoms with Crippen LogP contribution in [0.2, 0.25) is 0 Å². The van der Waals surface area contributed by atoms with Crippen LogP contribution in [0, 0.1) is 12.8 Å². The summed E-state index contributed by atoms with van der Waals surface area (Å²) in [6.07, 6.45) is 0. The molecule has 4 heteroatoms. The fourth-order valence-electron chi connectivity index (χ4n) is 0.686. The fraction of sp³-hybridized carbons (Fsp3) is 0.667. The van der Waals surface area contributed by atoms with Crippen molar-refractivity contribution in [1.82, 2.24) is 0 Å². The molecule has 0 aromatic heterocycles. The van der Waals surface area contributed by atoms with E-state index in [1.165, 1.54) is 11.8 Å². The third-order valence-corrected chi connectivity index (χ3v) is 2.65. The normalized spacial score (nSPS) is 20.3. The van der Waals surface area contributed by atoms with Gasteiger partial charge in [-0.2, -0.15) is 20.5 Å². The second-order valence-corrected chi connectivity index (χ2v) is 3.38. The van der Waals surface area contributed by atoms with Crippen LogP contribution in [0.5, 0.6) is 0 Å². The van der Waals surface area contributed by atoms with Crippen LogP contribution in [0.1, 0.15) is 0 Å². The quantitative estimate of drug-likeness (QED) is 0.615. The van der Waals surface area contributed by atoms with E-state index in [2.05, 4.69) is 6.92 Å². The lowest BCUT2D eigenvalue weighted by atomic mass is 10.0. The maximum atomic E-state index is 12.1. The minimum absolute atomic E-state index is 0.447. The van der Waals surface area contributed by atoms with Gasteiger partial charge < -0.3 is 0 Å². The molecule has 0 amide bonds. The van der Waals surface area contributed by atoms with Gasteiger partial charge in [0.15, 0.2) is 0 Å². The van der Waals surface area contributed by atoms with E-state index in [1.807, 2.05) is 0 Å². The summed E-state index contributed by atoms with van der Waals surface area (Å²) in [7, 11) is 0. The molecule has 57 valence electrons. The average molecular weight is 165 g/mol. The summed E-state index contributed by atoms with van der Waals surface area (Å²) < 4.78 is 24.2. The van der Waals surface area contributed by atoms with Gasteiger partial charge in [-0.15, -0.1) is 0 Å². The van der Waals surface area contributed by atoms with Crippen molar-refractivity contribution in [3.05, 3.63) is 6.92 Å². The highest BCUT2D eigenvalue weighted by atomic mass is 32.2. The van der Waals surface area contributed by atoms with Gasteiger partial charge in [-0.05, 0) is 0 Å². The minimum atomic E-state index is -3.37. The van der Waals surface area contributed by atoms with Crippen LogP contribution in [-0.4, -0.2) is 23.2 Å². The first-order valence-electron chi connectivity index (χ1n) is 2.87. The van der Waals surface area contributed by atoms with Gasteiger partial charge in [0.2, 0.25) is 5.78 Å². The van der Waals surface area contributed by atoms with E-state index in [-0.39, 0.29) is 0 Å². The molecule has 0 aliphatic carbocycles. The molecule has 1 aliphatic rings. The van der Waals surface area contributed by atoms with Crippen molar-refractivity contribution in [2.24, 2.45) is 5.92 Å². The van der Waals surface area contributed by atoms with Crippen molar-refractivity contribution in [3.63, 3.8) is 0 Å². The van der Waals surface area contributed by atoms with Gasteiger partial charge in [0.25, 0.3) is 0 Å². The first-order valence-corrected chi connectivity index (χ1v) is 4.02. The molecule has 0 N–H and O–H groups in total. The zero-order chi connectivity index (χ0) is 7.78. The summed E-state index contributed by atoms with van der Waals surface area (Å²) >= 11 is 1.51. The van der Waals surface area contributed by atoms with Crippen molar-refractivity contribution < 1.29 is 13.6 Å². The Balaban J connectivity index is 2.48. The first kappa shape index (κ1) is 7.98. The van der Waals surface area contributed by atoms with Gasteiger partial charge >= 0.3 is 5.92 Å². The lowest BCUT2D eigenvalue weighted by molar-refractivity contribution is -0.140. The maximum Gasteiger partial charge on any atom is 0.305 e. The number of hydrogen-bond acceptors (Lipinski definition) is 2. The smallest absolute Gasteiger partial charge is 0.293 e. The number of halogens is 2. The molecule has 0 aromatic carbocycles. The summed E-state index contributed by atoms with van der Waals surface area (Å²) in [6, 6.07) is 0. The number of carbonyl (C=O) groups excluding carboxylic acids is 1. The van der Waals surface area contributed by atoms with Crippen LogP contribution in [0.4, 0.5) is 8.78 Å². The predicted molar refractivity (Wildman–Crippen MR) is 36.1 cm³/mol. The van der Waals surface area contributed by atoms with Crippen molar-refractivity contribution in [3.8, 4) is 0 Å². The van der Waals surface area contributed by atoms with E-state index < -0.39 is 17.6 Å². The SMILES string of the molecule is [CH2]C(F)(F)C(=O)C1CSC1. The molecular weight excluding hydrogens is 158 g/mol. The van der Waals surface area contributed by atoms with Gasteiger partial charge in [-0.1, -0.05) is 0 Å². The molecule has 1 radical (unpaired) electrons. The molecule has 10 heavy (non-hydrogen) atoms. The average Bonchev–Trinajstić information content (AvgIpc) is 1.57. The molecule has 1 saturated heterocycles. The zero-order valence-corrected chi connectivity index (χ0v) is 6.09. The molecule has 1 heterocycles. The van der Waals surface area contributed by atoms with E-state index in [1.54, 1.807) is 0 Å². The molecule has 0 bridgehead atoms. The lowest BCUT2D eigenvalue weighted by Crippen LogP contribution is -2.38. The Kier molecular flexibility index (Phi) is 1.99. The topological polar surface area (TPSA) is 17.1 Å². The van der Waals surface area contributed by atoms with E-state index in [9.17, 15) is 13.6 Å². The Morgan fingerprint density at radius 2 is 2.10 bits per heavy atom. The van der Waals surface area contributed by atoms with Crippen LogP contribution in [0.25, 0.3) is 0 Å². The van der Waals surface area contributed by atoms with E-state index in [0.29, 0.717) is 11.5 Å². The number of ketones is 1. The largest absolute Gasteiger partial charge is 0.305 e. The van der Waals surface area contributed by atoms with Gasteiger partial charge in [-0.3, -0.25) is 4.79 Å². The first-order chi connectivity index (χ1) is 4.52. The summed E-state index contributed by atoms with van der Waals surface area (Å²) in [6.45, 7) is 2.48. The van der Waals surface area contributed by atoms with Crippen LogP contribution >= 0.6 is 11.8 Å². The van der Waals surface area contributed by atoms with Crippen molar-refractivity contribution in [2.45, 2.75) is 5.92 Å². The number of carbonyl (C=O) groups is 1. The Labute approximate surface area is 62.2 Å². The van der Waals surface area contributed by atoms with Gasteiger partial charge in [0.05, 0.1) is 0 Å². The molecular formula is C6H7F2OS. The van der Waals surface area contributed by atoms with E-state index >= 15 is 0 Å². The van der Waals surface area contributed by atoms with Crippen molar-refractivity contribution in [2.75, 3.05) is 11.5 Å². The fourth-order valence-corrected chi connectivity index (χ4v) is 1.46. The highest BCUT2D eigenvalue weighted by Crippen LogP contribution is 2.30. The Hall–Kier alpha value is -0.120. The second-order valence-electron chi connectivity index (χ2n) is 2.30. The summed E-state index contributed by atoms with van der Waals surface area (Å²) in [5.41, 5.74) is 0. The summed E-state index contributed by atoms with van der Waals surface area (Å²) in [4.78, 5) is 10.6. The zero-order valence-electron chi connectivity index (χ0n) is 5.27. The third-order valence-electron chi connectivity index (χ3n) is 1.37. The third kappa shape index (κ3) is 1.48. The van der Waals surface area contributed by atoms with Crippen LogP contribution in [0.15, 0.2) is 0 Å². The van der Waals surface area contributed by atoms with Gasteiger partial charge in [0.1, 0.15) is 0 Å². The molecule has 1 nitrogen and oxygen atoms in total.